The van der Waals surface area contributed by atoms with Crippen LogP contribution in [0, 0.1) is 5.92 Å². The summed E-state index contributed by atoms with van der Waals surface area (Å²) in [5, 5.41) is 9.13. The van der Waals surface area contributed by atoms with E-state index in [0.29, 0.717) is 6.42 Å². The smallest absolute Gasteiger partial charge is 0.383 e. The van der Waals surface area contributed by atoms with Gasteiger partial charge in [-0.15, -0.1) is 6.58 Å². The molecule has 1 rings (SSSR count). The monoisotopic (exact) mass is 301 g/mol. The van der Waals surface area contributed by atoms with Crippen molar-refractivity contribution in [3.05, 3.63) is 12.7 Å². The van der Waals surface area contributed by atoms with E-state index in [4.69, 9.17) is 5.11 Å². The maximum atomic E-state index is 12.3. The zero-order valence-electron chi connectivity index (χ0n) is 10.4. The summed E-state index contributed by atoms with van der Waals surface area (Å²) in [5.74, 6) is -1.01. The second-order valence-electron chi connectivity index (χ2n) is 4.62. The molecule has 1 fully saturated rings. The summed E-state index contributed by atoms with van der Waals surface area (Å²) in [6.07, 6.45) is -5.17. The van der Waals surface area contributed by atoms with Crippen molar-refractivity contribution >= 4 is 10.0 Å². The summed E-state index contributed by atoms with van der Waals surface area (Å²) >= 11 is 0. The van der Waals surface area contributed by atoms with Gasteiger partial charge in [-0.25, -0.2) is 12.7 Å². The number of nitrogens with zero attached hydrogens (tertiary/aromatic N) is 1. The molecule has 112 valence electrons. The van der Waals surface area contributed by atoms with Crippen LogP contribution in [0.3, 0.4) is 0 Å². The third kappa shape index (κ3) is 4.47. The van der Waals surface area contributed by atoms with E-state index in [9.17, 15) is 21.6 Å². The van der Waals surface area contributed by atoms with Crippen molar-refractivity contribution in [3.8, 4) is 0 Å². The van der Waals surface area contributed by atoms with Crippen molar-refractivity contribution in [2.45, 2.75) is 31.5 Å². The van der Waals surface area contributed by atoms with E-state index in [1.165, 1.54) is 10.4 Å². The van der Waals surface area contributed by atoms with Crippen LogP contribution in [0.5, 0.6) is 0 Å². The first-order valence-electron chi connectivity index (χ1n) is 6.02. The number of allylic oxidation sites excluding steroid dienone is 1. The van der Waals surface area contributed by atoms with Crippen LogP contribution in [0.1, 0.15) is 19.3 Å². The van der Waals surface area contributed by atoms with Gasteiger partial charge in [-0.05, 0) is 25.2 Å². The maximum absolute atomic E-state index is 12.3. The molecule has 1 aliphatic heterocycles. The zero-order valence-corrected chi connectivity index (χ0v) is 11.3. The summed E-state index contributed by atoms with van der Waals surface area (Å²) in [5.41, 5.74) is 0. The van der Waals surface area contributed by atoms with Gasteiger partial charge in [0.05, 0.1) is 5.75 Å². The van der Waals surface area contributed by atoms with Crippen molar-refractivity contribution in [1.29, 1.82) is 0 Å². The molecule has 0 aromatic carbocycles. The molecule has 0 unspecified atom stereocenters. The quantitative estimate of drug-likeness (QED) is 0.784. The Morgan fingerprint density at radius 3 is 2.32 bits per heavy atom. The summed E-state index contributed by atoms with van der Waals surface area (Å²) in [4.78, 5) is 0. The summed E-state index contributed by atoms with van der Waals surface area (Å²) in [6.45, 7) is 3.48. The van der Waals surface area contributed by atoms with Crippen molar-refractivity contribution in [2.24, 2.45) is 5.92 Å². The van der Waals surface area contributed by atoms with Crippen LogP contribution >= 0.6 is 0 Å². The van der Waals surface area contributed by atoms with Crippen molar-refractivity contribution in [1.82, 2.24) is 4.31 Å². The van der Waals surface area contributed by atoms with E-state index in [2.05, 4.69) is 6.58 Å². The number of hydrogen-bond donors (Lipinski definition) is 1. The number of rotatable bonds is 5. The lowest BCUT2D eigenvalue weighted by Crippen LogP contribution is -2.45. The Hall–Kier alpha value is -0.600. The molecule has 0 saturated carbocycles. The molecule has 4 nitrogen and oxygen atoms in total. The van der Waals surface area contributed by atoms with Crippen molar-refractivity contribution in [3.63, 3.8) is 0 Å². The van der Waals surface area contributed by atoms with Gasteiger partial charge in [-0.1, -0.05) is 6.08 Å². The molecule has 0 spiro atoms. The highest BCUT2D eigenvalue weighted by atomic mass is 32.2. The molecular weight excluding hydrogens is 283 g/mol. The number of aliphatic hydroxyl groups excluding tert-OH is 1. The lowest BCUT2D eigenvalue weighted by molar-refractivity contribution is -0.222. The standard InChI is InChI=1S/C11H18F3NO3S/c1-2-3-8-19(17,18)15-6-4-9(5-7-15)10(16)11(12,13)14/h2,9-10,16H,1,3-8H2/t10-/m1/s1. The van der Waals surface area contributed by atoms with Crippen molar-refractivity contribution in [2.75, 3.05) is 18.8 Å². The topological polar surface area (TPSA) is 57.6 Å². The molecular formula is C11H18F3NO3S. The predicted octanol–water partition coefficient (Wildman–Crippen LogP) is 1.53. The molecule has 1 saturated heterocycles. The highest BCUT2D eigenvalue weighted by Gasteiger charge is 2.44. The lowest BCUT2D eigenvalue weighted by atomic mass is 9.92. The van der Waals surface area contributed by atoms with Gasteiger partial charge in [0.2, 0.25) is 10.0 Å². The normalized spacial score (nSPS) is 21.3. The minimum Gasteiger partial charge on any atom is -0.383 e. The molecule has 0 aliphatic carbocycles. The fraction of sp³-hybridized carbons (Fsp3) is 0.818. The first-order valence-corrected chi connectivity index (χ1v) is 7.63. The molecule has 0 aromatic rings. The van der Waals surface area contributed by atoms with Gasteiger partial charge in [0.15, 0.2) is 6.10 Å². The van der Waals surface area contributed by atoms with Crippen LogP contribution in [0.2, 0.25) is 0 Å². The molecule has 1 heterocycles. The average molecular weight is 301 g/mol. The Bertz CT molecular complexity index is 400. The zero-order chi connectivity index (χ0) is 14.7. The molecule has 1 N–H and O–H groups in total. The molecule has 0 bridgehead atoms. The SMILES string of the molecule is C=CCCS(=O)(=O)N1CCC([C@@H](O)C(F)(F)F)CC1. The molecule has 0 amide bonds. The molecule has 19 heavy (non-hydrogen) atoms. The van der Waals surface area contributed by atoms with Crippen molar-refractivity contribution < 1.29 is 26.7 Å². The second kappa shape index (κ2) is 6.23. The number of sulfonamides is 1. The number of piperidine rings is 1. The fourth-order valence-corrected chi connectivity index (χ4v) is 3.59. The van der Waals surface area contributed by atoms with Gasteiger partial charge in [-0.3, -0.25) is 0 Å². The van der Waals surface area contributed by atoms with Gasteiger partial charge in [0.25, 0.3) is 0 Å². The van der Waals surface area contributed by atoms with E-state index in [-0.39, 0.29) is 31.7 Å². The Kier molecular flexibility index (Phi) is 5.40. The number of halogens is 3. The van der Waals surface area contributed by atoms with Gasteiger partial charge in [0.1, 0.15) is 0 Å². The Morgan fingerprint density at radius 1 is 1.37 bits per heavy atom. The number of hydrogen-bond acceptors (Lipinski definition) is 3. The van der Waals surface area contributed by atoms with Gasteiger partial charge in [-0.2, -0.15) is 13.2 Å². The number of aliphatic hydroxyl groups is 1. The Morgan fingerprint density at radius 2 is 1.89 bits per heavy atom. The molecule has 0 radical (unpaired) electrons. The van der Waals surface area contributed by atoms with Crippen LogP contribution in [0.15, 0.2) is 12.7 Å². The lowest BCUT2D eigenvalue weighted by Gasteiger charge is -2.34. The van der Waals surface area contributed by atoms with Crippen LogP contribution in [0.4, 0.5) is 13.2 Å². The van der Waals surface area contributed by atoms with Gasteiger partial charge < -0.3 is 5.11 Å². The van der Waals surface area contributed by atoms with Crippen LogP contribution in [0.25, 0.3) is 0 Å². The summed E-state index contributed by atoms with van der Waals surface area (Å²) in [6, 6.07) is 0. The third-order valence-electron chi connectivity index (χ3n) is 3.25. The fourth-order valence-electron chi connectivity index (χ4n) is 2.10. The first kappa shape index (κ1) is 16.5. The Labute approximate surface area is 111 Å². The summed E-state index contributed by atoms with van der Waals surface area (Å²) < 4.78 is 61.8. The van der Waals surface area contributed by atoms with E-state index >= 15 is 0 Å². The first-order chi connectivity index (χ1) is 8.68. The predicted molar refractivity (Wildman–Crippen MR) is 65.0 cm³/mol. The number of alkyl halides is 3. The highest BCUT2D eigenvalue weighted by molar-refractivity contribution is 7.89. The van der Waals surface area contributed by atoms with E-state index in [1.54, 1.807) is 0 Å². The minimum absolute atomic E-state index is 0.0218. The van der Waals surface area contributed by atoms with Crippen LogP contribution in [-0.4, -0.2) is 49.0 Å². The van der Waals surface area contributed by atoms with E-state index in [1.807, 2.05) is 0 Å². The average Bonchev–Trinajstić information content (AvgIpc) is 2.34. The Balaban J connectivity index is 2.56. The largest absolute Gasteiger partial charge is 0.414 e. The van der Waals surface area contributed by atoms with E-state index in [0.717, 1.165) is 0 Å². The summed E-state index contributed by atoms with van der Waals surface area (Å²) in [7, 11) is -3.43. The van der Waals surface area contributed by atoms with Crippen LogP contribution < -0.4 is 0 Å². The molecule has 1 atom stereocenters. The van der Waals surface area contributed by atoms with Gasteiger partial charge in [0, 0.05) is 13.1 Å². The highest BCUT2D eigenvalue weighted by Crippen LogP contribution is 2.32. The van der Waals surface area contributed by atoms with Gasteiger partial charge >= 0.3 is 6.18 Å². The third-order valence-corrected chi connectivity index (χ3v) is 5.16. The van der Waals surface area contributed by atoms with E-state index < -0.39 is 28.2 Å². The van der Waals surface area contributed by atoms with Crippen LogP contribution in [-0.2, 0) is 10.0 Å². The molecule has 1 aliphatic rings. The molecule has 8 heteroatoms. The maximum Gasteiger partial charge on any atom is 0.414 e. The second-order valence-corrected chi connectivity index (χ2v) is 6.70. The minimum atomic E-state index is -4.64. The molecule has 0 aromatic heterocycles.